The second-order valence-corrected chi connectivity index (χ2v) is 5.34. The number of esters is 1. The Bertz CT molecular complexity index is 970. The Morgan fingerprint density at radius 2 is 1.75 bits per heavy atom. The number of hydrogen-bond donors (Lipinski definition) is 0. The summed E-state index contributed by atoms with van der Waals surface area (Å²) in [6.07, 6.45) is 0. The van der Waals surface area contributed by atoms with E-state index < -0.39 is 5.97 Å². The molecule has 0 aliphatic carbocycles. The molecule has 0 aliphatic heterocycles. The van der Waals surface area contributed by atoms with Crippen molar-refractivity contribution in [2.75, 3.05) is 7.11 Å². The predicted molar refractivity (Wildman–Crippen MR) is 89.8 cm³/mol. The lowest BCUT2D eigenvalue weighted by atomic mass is 10.0. The van der Waals surface area contributed by atoms with Crippen LogP contribution in [0.5, 0.6) is 11.5 Å². The molecule has 0 amide bonds. The highest BCUT2D eigenvalue weighted by atomic mass is 16.5. The van der Waals surface area contributed by atoms with Crippen molar-refractivity contribution in [1.82, 2.24) is 0 Å². The summed E-state index contributed by atoms with van der Waals surface area (Å²) in [6.45, 7) is 3.37. The topological polar surface area (TPSA) is 65.7 Å². The second kappa shape index (κ2) is 6.20. The molecule has 2 aromatic carbocycles. The van der Waals surface area contributed by atoms with Crippen LogP contribution in [0.1, 0.15) is 21.7 Å². The Balaban J connectivity index is 2.18. The van der Waals surface area contributed by atoms with Crippen molar-refractivity contribution in [2.24, 2.45) is 0 Å². The highest BCUT2D eigenvalue weighted by molar-refractivity contribution is 5.96. The van der Waals surface area contributed by atoms with E-state index >= 15 is 0 Å². The molecule has 24 heavy (non-hydrogen) atoms. The molecule has 1 heterocycles. The maximum absolute atomic E-state index is 12.8. The lowest BCUT2D eigenvalue weighted by Gasteiger charge is -2.11. The number of ether oxygens (including phenoxy) is 2. The van der Waals surface area contributed by atoms with E-state index in [4.69, 9.17) is 13.9 Å². The maximum atomic E-state index is 12.8. The smallest absolute Gasteiger partial charge is 0.338 e. The average Bonchev–Trinajstić information content (AvgIpc) is 2.60. The van der Waals surface area contributed by atoms with Crippen molar-refractivity contribution >= 4 is 16.9 Å². The van der Waals surface area contributed by atoms with E-state index in [0.717, 1.165) is 0 Å². The maximum Gasteiger partial charge on any atom is 0.338 e. The number of fused-ring (bicyclic) bond motifs is 1. The fraction of sp³-hybridized carbons (Fsp3) is 0.158. The first-order valence-corrected chi connectivity index (χ1v) is 7.41. The molecule has 0 N–H and O–H groups in total. The summed E-state index contributed by atoms with van der Waals surface area (Å²) in [5, 5.41) is 0.358. The van der Waals surface area contributed by atoms with Crippen LogP contribution in [-0.4, -0.2) is 13.1 Å². The van der Waals surface area contributed by atoms with E-state index in [0.29, 0.717) is 33.6 Å². The van der Waals surface area contributed by atoms with Crippen LogP contribution >= 0.6 is 0 Å². The van der Waals surface area contributed by atoms with Crippen LogP contribution in [0.25, 0.3) is 11.0 Å². The second-order valence-electron chi connectivity index (χ2n) is 5.34. The summed E-state index contributed by atoms with van der Waals surface area (Å²) < 4.78 is 16.2. The molecule has 0 saturated heterocycles. The van der Waals surface area contributed by atoms with Gasteiger partial charge in [-0.1, -0.05) is 18.2 Å². The van der Waals surface area contributed by atoms with Gasteiger partial charge in [-0.3, -0.25) is 4.79 Å². The normalized spacial score (nSPS) is 10.6. The highest BCUT2D eigenvalue weighted by Crippen LogP contribution is 2.28. The Labute approximate surface area is 138 Å². The van der Waals surface area contributed by atoms with Crippen LogP contribution in [0, 0.1) is 13.8 Å². The van der Waals surface area contributed by atoms with Crippen molar-refractivity contribution in [3.63, 3.8) is 0 Å². The molecule has 0 spiro atoms. The number of carbonyl (C=O) groups is 1. The van der Waals surface area contributed by atoms with Gasteiger partial charge in [0.25, 0.3) is 0 Å². The van der Waals surface area contributed by atoms with E-state index in [1.807, 2.05) is 18.2 Å². The minimum Gasteiger partial charge on any atom is -0.465 e. The Morgan fingerprint density at radius 1 is 1.04 bits per heavy atom. The summed E-state index contributed by atoms with van der Waals surface area (Å²) in [5.74, 6) is 0.565. The summed E-state index contributed by atoms with van der Waals surface area (Å²) in [5.41, 5.74) is 1.01. The Kier molecular flexibility index (Phi) is 4.08. The van der Waals surface area contributed by atoms with Gasteiger partial charge in [0.2, 0.25) is 11.2 Å². The zero-order valence-corrected chi connectivity index (χ0v) is 13.6. The molecule has 5 heteroatoms. The molecule has 0 atom stereocenters. The summed E-state index contributed by atoms with van der Waals surface area (Å²) in [4.78, 5) is 24.5. The number of hydrogen-bond acceptors (Lipinski definition) is 5. The SMILES string of the molecule is COC(=O)c1ccc2c(=O)c(Oc3ccccc3)c(C)oc2c1C. The number of aryl methyl sites for hydroxylation is 2. The number of methoxy groups -OCH3 is 1. The van der Waals surface area contributed by atoms with E-state index in [1.54, 1.807) is 38.1 Å². The molecule has 0 fully saturated rings. The van der Waals surface area contributed by atoms with E-state index in [1.165, 1.54) is 7.11 Å². The molecule has 0 unspecified atom stereocenters. The number of carbonyl (C=O) groups excluding carboxylic acids is 1. The summed E-state index contributed by atoms with van der Waals surface area (Å²) >= 11 is 0. The third kappa shape index (κ3) is 2.65. The van der Waals surface area contributed by atoms with Crippen LogP contribution in [0.15, 0.2) is 51.7 Å². The van der Waals surface area contributed by atoms with Gasteiger partial charge in [0, 0.05) is 5.56 Å². The van der Waals surface area contributed by atoms with Crippen molar-refractivity contribution < 1.29 is 18.7 Å². The molecule has 0 aliphatic rings. The van der Waals surface area contributed by atoms with Crippen LogP contribution in [0.4, 0.5) is 0 Å². The quantitative estimate of drug-likeness (QED) is 0.682. The molecule has 122 valence electrons. The van der Waals surface area contributed by atoms with Crippen LogP contribution in [-0.2, 0) is 4.74 Å². The molecule has 0 radical (unpaired) electrons. The van der Waals surface area contributed by atoms with Crippen LogP contribution < -0.4 is 10.2 Å². The first-order valence-electron chi connectivity index (χ1n) is 7.41. The molecule has 3 rings (SSSR count). The third-order valence-corrected chi connectivity index (χ3v) is 3.80. The molecule has 0 saturated carbocycles. The molecular weight excluding hydrogens is 308 g/mol. The minimum atomic E-state index is -0.473. The van der Waals surface area contributed by atoms with Gasteiger partial charge in [0.05, 0.1) is 18.1 Å². The van der Waals surface area contributed by atoms with Gasteiger partial charge in [-0.15, -0.1) is 0 Å². The van der Waals surface area contributed by atoms with Crippen LogP contribution in [0.3, 0.4) is 0 Å². The Morgan fingerprint density at radius 3 is 2.42 bits per heavy atom. The van der Waals surface area contributed by atoms with Crippen molar-refractivity contribution in [3.05, 3.63) is 69.6 Å². The van der Waals surface area contributed by atoms with Crippen molar-refractivity contribution in [2.45, 2.75) is 13.8 Å². The van der Waals surface area contributed by atoms with Gasteiger partial charge < -0.3 is 13.9 Å². The predicted octanol–water partition coefficient (Wildman–Crippen LogP) is 3.99. The van der Waals surface area contributed by atoms with Gasteiger partial charge in [-0.25, -0.2) is 4.79 Å². The number of benzene rings is 2. The third-order valence-electron chi connectivity index (χ3n) is 3.80. The monoisotopic (exact) mass is 324 g/mol. The van der Waals surface area contributed by atoms with Gasteiger partial charge >= 0.3 is 5.97 Å². The lowest BCUT2D eigenvalue weighted by molar-refractivity contribution is 0.0600. The van der Waals surface area contributed by atoms with E-state index in [-0.39, 0.29) is 11.2 Å². The fourth-order valence-electron chi connectivity index (χ4n) is 2.54. The average molecular weight is 324 g/mol. The Hall–Kier alpha value is -3.08. The standard InChI is InChI=1S/C19H16O5/c1-11-14(19(21)22-3)9-10-15-16(20)18(12(2)23-17(11)15)24-13-7-5-4-6-8-13/h4-10H,1-3H3. The first kappa shape index (κ1) is 15.8. The van der Waals surface area contributed by atoms with Gasteiger partial charge in [-0.2, -0.15) is 0 Å². The highest BCUT2D eigenvalue weighted by Gasteiger charge is 2.19. The van der Waals surface area contributed by atoms with Gasteiger partial charge in [0.1, 0.15) is 17.1 Å². The zero-order chi connectivity index (χ0) is 17.3. The van der Waals surface area contributed by atoms with E-state index in [2.05, 4.69) is 0 Å². The first-order chi connectivity index (χ1) is 11.5. The van der Waals surface area contributed by atoms with E-state index in [9.17, 15) is 9.59 Å². The zero-order valence-electron chi connectivity index (χ0n) is 13.6. The largest absolute Gasteiger partial charge is 0.465 e. The molecule has 3 aromatic rings. The number of para-hydroxylation sites is 1. The van der Waals surface area contributed by atoms with Crippen molar-refractivity contribution in [1.29, 1.82) is 0 Å². The summed E-state index contributed by atoms with van der Waals surface area (Å²) in [7, 11) is 1.31. The fourth-order valence-corrected chi connectivity index (χ4v) is 2.54. The van der Waals surface area contributed by atoms with Crippen molar-refractivity contribution in [3.8, 4) is 11.5 Å². The van der Waals surface area contributed by atoms with Gasteiger partial charge in [-0.05, 0) is 38.1 Å². The van der Waals surface area contributed by atoms with Crippen LogP contribution in [0.2, 0.25) is 0 Å². The lowest BCUT2D eigenvalue weighted by Crippen LogP contribution is -2.10. The summed E-state index contributed by atoms with van der Waals surface area (Å²) in [6, 6.07) is 12.1. The molecule has 5 nitrogen and oxygen atoms in total. The molecule has 0 bridgehead atoms. The molecule has 1 aromatic heterocycles. The number of rotatable bonds is 3. The van der Waals surface area contributed by atoms with Gasteiger partial charge in [0.15, 0.2) is 0 Å². The molecular formula is C19H16O5. The minimum absolute atomic E-state index is 0.138.